The molecule has 1 heterocycles. The van der Waals surface area contributed by atoms with Gasteiger partial charge in [0.05, 0.1) is 10.7 Å². The molecular weight excluding hydrogens is 443 g/mol. The van der Waals surface area contributed by atoms with Gasteiger partial charge in [0.25, 0.3) is 15.9 Å². The number of amides is 1. The zero-order valence-corrected chi connectivity index (χ0v) is 18.1. The van der Waals surface area contributed by atoms with Crippen molar-refractivity contribution in [2.24, 2.45) is 0 Å². The zero-order chi connectivity index (χ0) is 21.3. The van der Waals surface area contributed by atoms with Gasteiger partial charge in [-0.05, 0) is 53.9 Å². The molecule has 0 fully saturated rings. The van der Waals surface area contributed by atoms with Crippen molar-refractivity contribution in [3.63, 3.8) is 0 Å². The van der Waals surface area contributed by atoms with Gasteiger partial charge in [-0.3, -0.25) is 9.10 Å². The molecule has 0 saturated heterocycles. The van der Waals surface area contributed by atoms with E-state index in [-0.39, 0.29) is 22.0 Å². The molecule has 154 valence electrons. The fourth-order valence-electron chi connectivity index (χ4n) is 3.45. The molecular formula is C22H18Cl2N2O3S. The topological polar surface area (TPSA) is 66.5 Å². The number of sulfonamides is 1. The Morgan fingerprint density at radius 2 is 1.80 bits per heavy atom. The van der Waals surface area contributed by atoms with E-state index in [1.54, 1.807) is 30.3 Å². The van der Waals surface area contributed by atoms with Gasteiger partial charge in [-0.1, -0.05) is 53.5 Å². The van der Waals surface area contributed by atoms with Crippen molar-refractivity contribution < 1.29 is 13.2 Å². The number of carbonyl (C=O) groups is 1. The van der Waals surface area contributed by atoms with Crippen LogP contribution in [0, 0.1) is 0 Å². The van der Waals surface area contributed by atoms with Crippen LogP contribution in [0.25, 0.3) is 0 Å². The van der Waals surface area contributed by atoms with E-state index in [1.807, 2.05) is 18.2 Å². The number of carbonyl (C=O) groups excluding carboxylic acids is 1. The number of benzene rings is 3. The maximum Gasteiger partial charge on any atom is 0.265 e. The molecule has 1 aliphatic rings. The highest BCUT2D eigenvalue weighted by molar-refractivity contribution is 7.93. The number of rotatable bonds is 5. The first-order valence-corrected chi connectivity index (χ1v) is 11.5. The number of anilines is 1. The van der Waals surface area contributed by atoms with Crippen LogP contribution in [0.5, 0.6) is 0 Å². The van der Waals surface area contributed by atoms with Crippen LogP contribution >= 0.6 is 23.2 Å². The van der Waals surface area contributed by atoms with Crippen LogP contribution in [0.4, 0.5) is 5.69 Å². The second-order valence-electron chi connectivity index (χ2n) is 6.91. The summed E-state index contributed by atoms with van der Waals surface area (Å²) in [4.78, 5) is 12.5. The fraction of sp³-hybridized carbons (Fsp3) is 0.136. The molecule has 8 heteroatoms. The monoisotopic (exact) mass is 460 g/mol. The summed E-state index contributed by atoms with van der Waals surface area (Å²) in [5, 5.41) is 3.43. The summed E-state index contributed by atoms with van der Waals surface area (Å²) in [6.07, 6.45) is 0.632. The molecule has 0 radical (unpaired) electrons. The molecule has 3 aromatic rings. The number of para-hydroxylation sites is 1. The summed E-state index contributed by atoms with van der Waals surface area (Å²) in [5.41, 5.74) is 2.66. The minimum atomic E-state index is -3.91. The van der Waals surface area contributed by atoms with Crippen molar-refractivity contribution in [1.29, 1.82) is 0 Å². The number of fused-ring (bicyclic) bond motifs is 1. The molecule has 5 nitrogen and oxygen atoms in total. The highest BCUT2D eigenvalue weighted by Crippen LogP contribution is 2.35. The van der Waals surface area contributed by atoms with Crippen LogP contribution in [0.1, 0.15) is 21.5 Å². The smallest absolute Gasteiger partial charge is 0.265 e. The van der Waals surface area contributed by atoms with Crippen LogP contribution in [-0.4, -0.2) is 20.9 Å². The lowest BCUT2D eigenvalue weighted by molar-refractivity contribution is 0.0950. The lowest BCUT2D eigenvalue weighted by Crippen LogP contribution is -2.30. The first-order valence-electron chi connectivity index (χ1n) is 9.29. The molecule has 1 aliphatic heterocycles. The Bertz CT molecular complexity index is 1230. The molecule has 1 N–H and O–H groups in total. The van der Waals surface area contributed by atoms with Gasteiger partial charge in [-0.15, -0.1) is 0 Å². The van der Waals surface area contributed by atoms with Crippen molar-refractivity contribution in [1.82, 2.24) is 5.32 Å². The Balaban J connectivity index is 1.59. The van der Waals surface area contributed by atoms with E-state index in [4.69, 9.17) is 23.2 Å². The molecule has 0 spiro atoms. The van der Waals surface area contributed by atoms with E-state index >= 15 is 0 Å². The second kappa shape index (κ2) is 8.30. The van der Waals surface area contributed by atoms with Crippen molar-refractivity contribution in [3.05, 3.63) is 93.5 Å². The van der Waals surface area contributed by atoms with Crippen molar-refractivity contribution in [2.45, 2.75) is 17.9 Å². The Hall–Kier alpha value is -2.54. The highest BCUT2D eigenvalue weighted by Gasteiger charge is 2.32. The Morgan fingerprint density at radius 1 is 1.00 bits per heavy atom. The van der Waals surface area contributed by atoms with Gasteiger partial charge in [0.15, 0.2) is 0 Å². The largest absolute Gasteiger partial charge is 0.348 e. The van der Waals surface area contributed by atoms with E-state index in [1.165, 1.54) is 22.5 Å². The van der Waals surface area contributed by atoms with Gasteiger partial charge in [-0.25, -0.2) is 8.42 Å². The maximum absolute atomic E-state index is 13.3. The Kier molecular flexibility index (Phi) is 5.73. The third-order valence-electron chi connectivity index (χ3n) is 4.95. The number of nitrogens with one attached hydrogen (secondary N) is 1. The molecule has 3 aromatic carbocycles. The first kappa shape index (κ1) is 20.7. The molecule has 30 heavy (non-hydrogen) atoms. The van der Waals surface area contributed by atoms with E-state index in [9.17, 15) is 13.2 Å². The van der Waals surface area contributed by atoms with E-state index in [0.717, 1.165) is 11.1 Å². The maximum atomic E-state index is 13.3. The van der Waals surface area contributed by atoms with Gasteiger partial charge in [0.2, 0.25) is 0 Å². The summed E-state index contributed by atoms with van der Waals surface area (Å²) >= 11 is 12.2. The Morgan fingerprint density at radius 3 is 2.60 bits per heavy atom. The van der Waals surface area contributed by atoms with Crippen molar-refractivity contribution in [3.8, 4) is 0 Å². The average molecular weight is 461 g/mol. The third kappa shape index (κ3) is 4.03. The molecule has 0 unspecified atom stereocenters. The standard InChI is InChI=1S/C22H18Cl2N2O3S/c23-18-6-3-4-15(12-18)14-25-22(27)17-8-9-19(24)21(13-17)30(28,29)26-11-10-16-5-1-2-7-20(16)26/h1-9,12-13H,10-11,14H2,(H,25,27). The summed E-state index contributed by atoms with van der Waals surface area (Å²) in [7, 11) is -3.91. The number of hydrogen-bond donors (Lipinski definition) is 1. The number of nitrogens with zero attached hydrogens (tertiary/aromatic N) is 1. The van der Waals surface area contributed by atoms with Crippen molar-refractivity contribution in [2.75, 3.05) is 10.8 Å². The summed E-state index contributed by atoms with van der Waals surface area (Å²) in [5.74, 6) is -0.398. The lowest BCUT2D eigenvalue weighted by atomic mass is 10.2. The van der Waals surface area contributed by atoms with Gasteiger partial charge < -0.3 is 5.32 Å². The van der Waals surface area contributed by atoms with Crippen molar-refractivity contribution >= 4 is 44.8 Å². The average Bonchev–Trinajstić information content (AvgIpc) is 3.17. The zero-order valence-electron chi connectivity index (χ0n) is 15.8. The van der Waals surface area contributed by atoms with Gasteiger partial charge in [0.1, 0.15) is 4.90 Å². The van der Waals surface area contributed by atoms with Crippen LogP contribution < -0.4 is 9.62 Å². The SMILES string of the molecule is O=C(NCc1cccc(Cl)c1)c1ccc(Cl)c(S(=O)(=O)N2CCc3ccccc32)c1. The predicted molar refractivity (Wildman–Crippen MR) is 119 cm³/mol. The van der Waals surface area contributed by atoms with Gasteiger partial charge >= 0.3 is 0 Å². The molecule has 1 amide bonds. The van der Waals surface area contributed by atoms with Gasteiger partial charge in [0, 0.05) is 23.7 Å². The summed E-state index contributed by atoms with van der Waals surface area (Å²) < 4.78 is 28.0. The Labute approximate surface area is 185 Å². The minimum absolute atomic E-state index is 0.0748. The molecule has 0 atom stereocenters. The fourth-order valence-corrected chi connectivity index (χ4v) is 5.67. The summed E-state index contributed by atoms with van der Waals surface area (Å²) in [6.45, 7) is 0.604. The third-order valence-corrected chi connectivity index (χ3v) is 7.48. The number of halogens is 2. The molecule has 0 aromatic heterocycles. The van der Waals surface area contributed by atoms with Crippen LogP contribution in [0.3, 0.4) is 0 Å². The summed E-state index contributed by atoms with van der Waals surface area (Å²) in [6, 6.07) is 18.8. The quantitative estimate of drug-likeness (QED) is 0.601. The van der Waals surface area contributed by atoms with E-state index in [0.29, 0.717) is 23.7 Å². The van der Waals surface area contributed by atoms with Gasteiger partial charge in [-0.2, -0.15) is 0 Å². The second-order valence-corrected chi connectivity index (χ2v) is 9.59. The van der Waals surface area contributed by atoms with E-state index < -0.39 is 15.9 Å². The molecule has 0 bridgehead atoms. The lowest BCUT2D eigenvalue weighted by Gasteiger charge is -2.20. The molecule has 0 aliphatic carbocycles. The highest BCUT2D eigenvalue weighted by atomic mass is 35.5. The minimum Gasteiger partial charge on any atom is -0.348 e. The number of hydrogen-bond acceptors (Lipinski definition) is 3. The first-order chi connectivity index (χ1) is 14.4. The van der Waals surface area contributed by atoms with Crippen LogP contribution in [0.2, 0.25) is 10.0 Å². The van der Waals surface area contributed by atoms with Crippen LogP contribution in [0.15, 0.2) is 71.6 Å². The predicted octanol–water partition coefficient (Wildman–Crippen LogP) is 4.67. The molecule has 0 saturated carbocycles. The van der Waals surface area contributed by atoms with Crippen LogP contribution in [-0.2, 0) is 23.0 Å². The van der Waals surface area contributed by atoms with E-state index in [2.05, 4.69) is 5.32 Å². The molecule has 4 rings (SSSR count). The normalized spacial score (nSPS) is 13.2.